The average molecular weight is 941 g/mol. The van der Waals surface area contributed by atoms with Gasteiger partial charge in [0.25, 0.3) is 5.56 Å². The van der Waals surface area contributed by atoms with Gasteiger partial charge in [0, 0.05) is 19.5 Å². The number of nitrogens with two attached hydrogens (primary N) is 1. The fraction of sp³-hybridized carbons (Fsp3) is 0.500. The van der Waals surface area contributed by atoms with Gasteiger partial charge in [0.1, 0.15) is 17.7 Å². The van der Waals surface area contributed by atoms with Crippen LogP contribution in [0.4, 0.5) is 9.59 Å². The van der Waals surface area contributed by atoms with Crippen LogP contribution in [0.2, 0.25) is 0 Å². The van der Waals surface area contributed by atoms with Gasteiger partial charge in [-0.25, -0.2) is 19.6 Å². The number of ether oxygens (including phenoxy) is 2. The molecule has 4 atom stereocenters. The van der Waals surface area contributed by atoms with Gasteiger partial charge in [0.05, 0.1) is 49.1 Å². The highest BCUT2D eigenvalue weighted by atomic mass is 16.5. The normalized spacial score (nSPS) is 19.2. The highest BCUT2D eigenvalue weighted by Crippen LogP contribution is 2.52. The summed E-state index contributed by atoms with van der Waals surface area (Å²) in [4.78, 5) is 82.4. The number of likely N-dealkylation sites (tertiary alicyclic amines) is 2. The summed E-state index contributed by atoms with van der Waals surface area (Å²) in [5, 5.41) is 3.30. The van der Waals surface area contributed by atoms with E-state index in [0.717, 1.165) is 67.6 Å². The van der Waals surface area contributed by atoms with Crippen LogP contribution < -0.4 is 16.6 Å². The van der Waals surface area contributed by atoms with Crippen molar-refractivity contribution in [1.82, 2.24) is 35.1 Å². The van der Waals surface area contributed by atoms with E-state index in [1.807, 2.05) is 42.0 Å². The maximum atomic E-state index is 13.8. The van der Waals surface area contributed by atoms with Crippen molar-refractivity contribution in [1.29, 1.82) is 0 Å². The number of carbonyl (C=O) groups is 4. The molecule has 0 bridgehead atoms. The molecule has 15 heteroatoms. The Labute approximate surface area is 404 Å². The van der Waals surface area contributed by atoms with Crippen molar-refractivity contribution < 1.29 is 28.7 Å². The van der Waals surface area contributed by atoms with Gasteiger partial charge in [-0.05, 0) is 120 Å². The monoisotopic (exact) mass is 941 g/mol. The fourth-order valence-corrected chi connectivity index (χ4v) is 11.2. The molecule has 69 heavy (non-hydrogen) atoms. The van der Waals surface area contributed by atoms with Crippen LogP contribution in [0, 0.1) is 17.3 Å². The van der Waals surface area contributed by atoms with Crippen molar-refractivity contribution in [2.45, 2.75) is 129 Å². The molecule has 1 spiro atoms. The van der Waals surface area contributed by atoms with Crippen LogP contribution in [0.15, 0.2) is 65.6 Å². The van der Waals surface area contributed by atoms with Gasteiger partial charge in [0.2, 0.25) is 11.8 Å². The third-order valence-corrected chi connectivity index (χ3v) is 15.1. The van der Waals surface area contributed by atoms with Gasteiger partial charge in [-0.15, -0.1) is 0 Å². The number of hydrogen-bond donors (Lipinski definition) is 4. The van der Waals surface area contributed by atoms with Crippen LogP contribution >= 0.6 is 0 Å². The topological polar surface area (TPSA) is 206 Å². The molecule has 5 aromatic rings. The molecule has 2 saturated heterocycles. The summed E-state index contributed by atoms with van der Waals surface area (Å²) < 4.78 is 8.69. The molecule has 366 valence electrons. The molecule has 4 amide bonds. The number of imidazole rings is 1. The molecule has 9 rings (SSSR count). The molecule has 5 N–H and O–H groups in total. The summed E-state index contributed by atoms with van der Waals surface area (Å²) >= 11 is 0. The Kier molecular flexibility index (Phi) is 14.9. The molecule has 2 aliphatic carbocycles. The van der Waals surface area contributed by atoms with Crippen LogP contribution in [0.25, 0.3) is 44.4 Å². The molecular formula is C54H68N8O7. The number of aromatic amines is 2. The lowest BCUT2D eigenvalue weighted by Crippen LogP contribution is -2.51. The van der Waals surface area contributed by atoms with E-state index in [1.54, 1.807) is 0 Å². The minimum absolute atomic E-state index is 0.104. The zero-order chi connectivity index (χ0) is 49.0. The lowest BCUT2D eigenvalue weighted by Gasteiger charge is -2.33. The molecule has 0 radical (unpaired) electrons. The Bertz CT molecular complexity index is 2740. The van der Waals surface area contributed by atoms with Crippen molar-refractivity contribution in [3.63, 3.8) is 0 Å². The summed E-state index contributed by atoms with van der Waals surface area (Å²) in [6.07, 6.45) is 13.7. The summed E-state index contributed by atoms with van der Waals surface area (Å²) in [7, 11) is 2.53. The number of benzene rings is 3. The second-order valence-electron chi connectivity index (χ2n) is 20.0. The SMILES string of the molecule is CCC(C)CC(=O)N1CCC[C@H]1c1nc2ccc(-c3ccc(-c4ccc(-c5cnc([C@@H]6CCCN6C(=O)C(NC(=O)OC)C(C)C)[nH]5)cc4)c4c3CC3(CCCCC3)C4)cc2c(=O)[nH]1.COC(N)=O. The van der Waals surface area contributed by atoms with E-state index in [4.69, 9.17) is 14.7 Å². The molecule has 4 heterocycles. The summed E-state index contributed by atoms with van der Waals surface area (Å²) in [5.41, 5.74) is 14.5. The lowest BCUT2D eigenvalue weighted by molar-refractivity contribution is -0.135. The molecule has 2 aromatic heterocycles. The quantitative estimate of drug-likeness (QED) is 0.0994. The number of primary amides is 1. The number of methoxy groups -OCH3 is 2. The number of nitrogens with one attached hydrogen (secondary N) is 3. The number of nitrogens with zero attached hydrogens (tertiary/aromatic N) is 4. The minimum Gasteiger partial charge on any atom is -0.453 e. The van der Waals surface area contributed by atoms with Crippen molar-refractivity contribution >= 4 is 34.9 Å². The van der Waals surface area contributed by atoms with Gasteiger partial charge in [-0.1, -0.05) is 95.8 Å². The van der Waals surface area contributed by atoms with Crippen molar-refractivity contribution in [3.05, 3.63) is 93.9 Å². The number of alkyl carbamates (subject to hydrolysis) is 1. The van der Waals surface area contributed by atoms with Crippen LogP contribution in [-0.2, 0) is 31.9 Å². The van der Waals surface area contributed by atoms with Crippen molar-refractivity contribution in [2.75, 3.05) is 27.3 Å². The van der Waals surface area contributed by atoms with Crippen molar-refractivity contribution in [3.8, 4) is 33.5 Å². The molecular weight excluding hydrogens is 873 g/mol. The first-order valence-electron chi connectivity index (χ1n) is 24.9. The maximum absolute atomic E-state index is 13.8. The maximum Gasteiger partial charge on any atom is 0.407 e. The second kappa shape index (κ2) is 21.0. The molecule has 3 fully saturated rings. The summed E-state index contributed by atoms with van der Waals surface area (Å²) in [5.74, 6) is 1.56. The average Bonchev–Trinajstić information content (AvgIpc) is 4.20. The van der Waals surface area contributed by atoms with E-state index in [9.17, 15) is 24.0 Å². The highest BCUT2D eigenvalue weighted by molar-refractivity contribution is 5.88. The standard InChI is InChI=1S/C52H63N7O5.C2H5NO2/c1-6-32(4)26-45(60)58-24-10-13-44(58)48-54-41-21-18-35(27-38(41)49(61)57-48)37-20-19-36(39-28-52(29-40(37)39)22-8-7-9-23-52)33-14-16-34(17-15-33)42-30-53-47(55-42)43-12-11-25-59(43)50(62)46(31(2)3)56-51(63)64-5;1-5-2(3)4/h14-21,27,30-32,43-44,46H,6-13,22-26,28-29H2,1-5H3,(H,53,55)(H,56,63)(H,54,57,61);1H3,(H2,3,4)/t32?,43-,44-,46?;/m0./s1. The molecule has 4 aliphatic rings. The number of amides is 4. The molecule has 15 nitrogen and oxygen atoms in total. The number of H-pyrrole nitrogens is 2. The van der Waals surface area contributed by atoms with Gasteiger partial charge >= 0.3 is 12.2 Å². The first-order chi connectivity index (χ1) is 33.2. The fourth-order valence-electron chi connectivity index (χ4n) is 11.2. The zero-order valence-electron chi connectivity index (χ0n) is 41.0. The van der Waals surface area contributed by atoms with Crippen LogP contribution in [0.5, 0.6) is 0 Å². The second-order valence-corrected chi connectivity index (χ2v) is 20.0. The highest BCUT2D eigenvalue weighted by Gasteiger charge is 2.41. The molecule has 2 unspecified atom stereocenters. The van der Waals surface area contributed by atoms with E-state index in [0.29, 0.717) is 42.2 Å². The van der Waals surface area contributed by atoms with Crippen molar-refractivity contribution in [2.24, 2.45) is 23.0 Å². The number of aromatic nitrogens is 4. The predicted molar refractivity (Wildman–Crippen MR) is 266 cm³/mol. The Balaban J connectivity index is 0.00000122. The Morgan fingerprint density at radius 1 is 0.797 bits per heavy atom. The molecule has 2 aliphatic heterocycles. The predicted octanol–water partition coefficient (Wildman–Crippen LogP) is 9.55. The van der Waals surface area contributed by atoms with E-state index in [-0.39, 0.29) is 40.8 Å². The third kappa shape index (κ3) is 10.4. The lowest BCUT2D eigenvalue weighted by atomic mass is 9.72. The first-order valence-corrected chi connectivity index (χ1v) is 24.9. The van der Waals surface area contributed by atoms with Crippen LogP contribution in [0.3, 0.4) is 0 Å². The number of fused-ring (bicyclic) bond motifs is 2. The van der Waals surface area contributed by atoms with E-state index in [2.05, 4.69) is 82.1 Å². The minimum atomic E-state index is -0.745. The van der Waals surface area contributed by atoms with Gasteiger partial charge in [-0.2, -0.15) is 0 Å². The Morgan fingerprint density at radius 2 is 1.41 bits per heavy atom. The van der Waals surface area contributed by atoms with E-state index < -0.39 is 18.2 Å². The van der Waals surface area contributed by atoms with E-state index >= 15 is 0 Å². The zero-order valence-corrected chi connectivity index (χ0v) is 41.0. The summed E-state index contributed by atoms with van der Waals surface area (Å²) in [6.45, 7) is 9.36. The van der Waals surface area contributed by atoms with Crippen LogP contribution in [0.1, 0.15) is 133 Å². The van der Waals surface area contributed by atoms with Crippen LogP contribution in [-0.4, -0.2) is 87.1 Å². The summed E-state index contributed by atoms with van der Waals surface area (Å²) in [6, 6.07) is 18.3. The van der Waals surface area contributed by atoms with Gasteiger partial charge < -0.3 is 40.3 Å². The Morgan fingerprint density at radius 3 is 2.03 bits per heavy atom. The van der Waals surface area contributed by atoms with Gasteiger partial charge in [0.15, 0.2) is 0 Å². The largest absolute Gasteiger partial charge is 0.453 e. The Hall–Kier alpha value is -6.51. The van der Waals surface area contributed by atoms with E-state index in [1.165, 1.54) is 74.1 Å². The molecule has 1 saturated carbocycles. The third-order valence-electron chi connectivity index (χ3n) is 15.1. The van der Waals surface area contributed by atoms with Gasteiger partial charge in [-0.3, -0.25) is 14.4 Å². The first kappa shape index (κ1) is 48.9. The molecule has 3 aromatic carbocycles. The number of rotatable bonds is 11. The smallest absolute Gasteiger partial charge is 0.407 e. The number of hydrogen-bond acceptors (Lipinski definition) is 9. The number of carbonyl (C=O) groups excluding carboxylic acids is 4.